The van der Waals surface area contributed by atoms with E-state index in [1.54, 1.807) is 11.9 Å². The Kier molecular flexibility index (Phi) is 2.96. The molecule has 0 unspecified atom stereocenters. The standard InChI is InChI=1S/C13H18N2O2/c1-9-12(17-13(16)15(9)4)10-6-5-7-11(8-10)14(2)3/h5-9,12H,1-4H3/t9-,12-/m0/s1. The predicted octanol–water partition coefficient (Wildman–Crippen LogP) is 2.26. The molecule has 0 aromatic heterocycles. The minimum atomic E-state index is -0.252. The van der Waals surface area contributed by atoms with Gasteiger partial charge in [0.15, 0.2) is 0 Å². The highest BCUT2D eigenvalue weighted by molar-refractivity contribution is 5.70. The molecule has 1 fully saturated rings. The molecule has 0 N–H and O–H groups in total. The van der Waals surface area contributed by atoms with Crippen molar-refractivity contribution in [2.24, 2.45) is 0 Å². The highest BCUT2D eigenvalue weighted by Crippen LogP contribution is 2.32. The highest BCUT2D eigenvalue weighted by atomic mass is 16.6. The maximum absolute atomic E-state index is 11.5. The summed E-state index contributed by atoms with van der Waals surface area (Å²) in [6, 6.07) is 8.16. The second-order valence-corrected chi connectivity index (χ2v) is 4.65. The molecule has 2 rings (SSSR count). The number of nitrogens with zero attached hydrogens (tertiary/aromatic N) is 2. The summed E-state index contributed by atoms with van der Waals surface area (Å²) in [4.78, 5) is 15.1. The van der Waals surface area contributed by atoms with Crippen molar-refractivity contribution in [1.82, 2.24) is 4.90 Å². The van der Waals surface area contributed by atoms with Gasteiger partial charge in [-0.25, -0.2) is 4.79 Å². The Labute approximate surface area is 102 Å². The summed E-state index contributed by atoms with van der Waals surface area (Å²) in [5.74, 6) is 0. The monoisotopic (exact) mass is 234 g/mol. The van der Waals surface area contributed by atoms with Gasteiger partial charge in [-0.1, -0.05) is 12.1 Å². The molecular formula is C13H18N2O2. The number of amides is 1. The molecule has 2 atom stereocenters. The zero-order valence-corrected chi connectivity index (χ0v) is 10.7. The molecule has 0 radical (unpaired) electrons. The van der Waals surface area contributed by atoms with Gasteiger partial charge in [0.25, 0.3) is 0 Å². The van der Waals surface area contributed by atoms with Crippen LogP contribution in [0.5, 0.6) is 0 Å². The number of carbonyl (C=O) groups is 1. The number of hydrogen-bond acceptors (Lipinski definition) is 3. The average Bonchev–Trinajstić information content (AvgIpc) is 2.57. The van der Waals surface area contributed by atoms with E-state index in [4.69, 9.17) is 4.74 Å². The van der Waals surface area contributed by atoms with Crippen molar-refractivity contribution in [3.8, 4) is 0 Å². The summed E-state index contributed by atoms with van der Waals surface area (Å²) < 4.78 is 5.38. The molecule has 1 aliphatic heterocycles. The molecule has 0 bridgehead atoms. The average molecular weight is 234 g/mol. The Morgan fingerprint density at radius 1 is 1.35 bits per heavy atom. The molecule has 1 aromatic carbocycles. The van der Waals surface area contributed by atoms with E-state index in [9.17, 15) is 4.79 Å². The quantitative estimate of drug-likeness (QED) is 0.787. The third-order valence-corrected chi connectivity index (χ3v) is 3.28. The lowest BCUT2D eigenvalue weighted by Gasteiger charge is -2.19. The summed E-state index contributed by atoms with van der Waals surface area (Å²) in [6.45, 7) is 2.00. The van der Waals surface area contributed by atoms with Gasteiger partial charge in [0.2, 0.25) is 0 Å². The summed E-state index contributed by atoms with van der Waals surface area (Å²) in [5, 5.41) is 0. The van der Waals surface area contributed by atoms with Crippen LogP contribution in [0.3, 0.4) is 0 Å². The van der Waals surface area contributed by atoms with Crippen LogP contribution < -0.4 is 4.90 Å². The zero-order valence-electron chi connectivity index (χ0n) is 10.7. The summed E-state index contributed by atoms with van der Waals surface area (Å²) in [5.41, 5.74) is 2.15. The molecule has 17 heavy (non-hydrogen) atoms. The number of hydrogen-bond donors (Lipinski definition) is 0. The first kappa shape index (κ1) is 11.8. The van der Waals surface area contributed by atoms with Crippen LogP contribution >= 0.6 is 0 Å². The van der Waals surface area contributed by atoms with Crippen LogP contribution in [-0.2, 0) is 4.74 Å². The first-order valence-corrected chi connectivity index (χ1v) is 5.71. The predicted molar refractivity (Wildman–Crippen MR) is 67.2 cm³/mol. The number of rotatable bonds is 2. The number of cyclic esters (lactones) is 1. The van der Waals surface area contributed by atoms with Crippen LogP contribution in [0.2, 0.25) is 0 Å². The fourth-order valence-electron chi connectivity index (χ4n) is 1.99. The lowest BCUT2D eigenvalue weighted by molar-refractivity contribution is 0.131. The van der Waals surface area contributed by atoms with Crippen LogP contribution in [0.4, 0.5) is 10.5 Å². The molecule has 4 heteroatoms. The van der Waals surface area contributed by atoms with E-state index >= 15 is 0 Å². The van der Waals surface area contributed by atoms with Crippen LogP contribution in [0, 0.1) is 0 Å². The van der Waals surface area contributed by atoms with Crippen molar-refractivity contribution in [2.75, 3.05) is 26.0 Å². The van der Waals surface area contributed by atoms with E-state index in [-0.39, 0.29) is 18.2 Å². The molecule has 0 aliphatic carbocycles. The maximum Gasteiger partial charge on any atom is 0.410 e. The third-order valence-electron chi connectivity index (χ3n) is 3.28. The molecule has 1 aliphatic rings. The lowest BCUT2D eigenvalue weighted by atomic mass is 10.0. The molecular weight excluding hydrogens is 216 g/mol. The first-order valence-electron chi connectivity index (χ1n) is 5.71. The number of benzene rings is 1. The van der Waals surface area contributed by atoms with Crippen molar-refractivity contribution in [1.29, 1.82) is 0 Å². The summed E-state index contributed by atoms with van der Waals surface area (Å²) in [6.07, 6.45) is -0.426. The minimum absolute atomic E-state index is 0.0694. The van der Waals surface area contributed by atoms with Gasteiger partial charge in [0, 0.05) is 26.8 Å². The Balaban J connectivity index is 2.29. The normalized spacial score (nSPS) is 23.8. The van der Waals surface area contributed by atoms with Crippen LogP contribution in [-0.4, -0.2) is 38.2 Å². The molecule has 92 valence electrons. The molecule has 1 aromatic rings. The van der Waals surface area contributed by atoms with E-state index in [0.717, 1.165) is 11.3 Å². The van der Waals surface area contributed by atoms with Gasteiger partial charge in [0.05, 0.1) is 6.04 Å². The molecule has 1 amide bonds. The van der Waals surface area contributed by atoms with E-state index in [0.29, 0.717) is 0 Å². The fourth-order valence-corrected chi connectivity index (χ4v) is 1.99. The molecule has 1 saturated heterocycles. The number of ether oxygens (including phenoxy) is 1. The van der Waals surface area contributed by atoms with E-state index in [2.05, 4.69) is 6.07 Å². The van der Waals surface area contributed by atoms with Gasteiger partial charge >= 0.3 is 6.09 Å². The number of carbonyl (C=O) groups excluding carboxylic acids is 1. The molecule has 0 spiro atoms. The summed E-state index contributed by atoms with van der Waals surface area (Å²) in [7, 11) is 5.76. The fraction of sp³-hybridized carbons (Fsp3) is 0.462. The topological polar surface area (TPSA) is 32.8 Å². The number of anilines is 1. The van der Waals surface area contributed by atoms with Crippen LogP contribution in [0.15, 0.2) is 24.3 Å². The molecule has 1 heterocycles. The van der Waals surface area contributed by atoms with Crippen molar-refractivity contribution in [3.63, 3.8) is 0 Å². The van der Waals surface area contributed by atoms with Crippen molar-refractivity contribution in [3.05, 3.63) is 29.8 Å². The Morgan fingerprint density at radius 3 is 2.59 bits per heavy atom. The second-order valence-electron chi connectivity index (χ2n) is 4.65. The van der Waals surface area contributed by atoms with Crippen molar-refractivity contribution < 1.29 is 9.53 Å². The lowest BCUT2D eigenvalue weighted by Crippen LogP contribution is -2.27. The SMILES string of the molecule is C[C@H]1[C@@H](c2cccc(N(C)C)c2)OC(=O)N1C. The third kappa shape index (κ3) is 2.07. The maximum atomic E-state index is 11.5. The largest absolute Gasteiger partial charge is 0.439 e. The van der Waals surface area contributed by atoms with Gasteiger partial charge in [-0.2, -0.15) is 0 Å². The van der Waals surface area contributed by atoms with Gasteiger partial charge in [0.1, 0.15) is 6.10 Å². The van der Waals surface area contributed by atoms with Gasteiger partial charge in [-0.05, 0) is 24.6 Å². The second kappa shape index (κ2) is 4.28. The van der Waals surface area contributed by atoms with E-state index in [1.165, 1.54) is 0 Å². The Hall–Kier alpha value is -1.71. The van der Waals surface area contributed by atoms with Crippen LogP contribution in [0.25, 0.3) is 0 Å². The van der Waals surface area contributed by atoms with Gasteiger partial charge in [-0.15, -0.1) is 0 Å². The highest BCUT2D eigenvalue weighted by Gasteiger charge is 2.37. The first-order chi connectivity index (χ1) is 8.00. The smallest absolute Gasteiger partial charge is 0.410 e. The van der Waals surface area contributed by atoms with Gasteiger partial charge < -0.3 is 14.5 Å². The molecule has 4 nitrogen and oxygen atoms in total. The zero-order chi connectivity index (χ0) is 12.6. The minimum Gasteiger partial charge on any atom is -0.439 e. The Morgan fingerprint density at radius 2 is 2.06 bits per heavy atom. The van der Waals surface area contributed by atoms with E-state index < -0.39 is 0 Å². The van der Waals surface area contributed by atoms with E-state index in [1.807, 2.05) is 44.1 Å². The van der Waals surface area contributed by atoms with Crippen molar-refractivity contribution >= 4 is 11.8 Å². The van der Waals surface area contributed by atoms with Crippen molar-refractivity contribution in [2.45, 2.75) is 19.1 Å². The summed E-state index contributed by atoms with van der Waals surface area (Å²) >= 11 is 0. The van der Waals surface area contributed by atoms with Crippen LogP contribution in [0.1, 0.15) is 18.6 Å². The van der Waals surface area contributed by atoms with Gasteiger partial charge in [-0.3, -0.25) is 0 Å². The molecule has 0 saturated carbocycles. The Bertz CT molecular complexity index is 431. The number of likely N-dealkylation sites (N-methyl/N-ethyl adjacent to an activating group) is 1.